The summed E-state index contributed by atoms with van der Waals surface area (Å²) in [7, 11) is 0. The molecule has 0 bridgehead atoms. The van der Waals surface area contributed by atoms with Gasteiger partial charge >= 0.3 is 5.97 Å². The molecule has 3 aromatic rings. The van der Waals surface area contributed by atoms with E-state index in [1.165, 1.54) is 18.2 Å². The third kappa shape index (κ3) is 5.99. The zero-order valence-corrected chi connectivity index (χ0v) is 17.1. The van der Waals surface area contributed by atoms with Gasteiger partial charge in [0.1, 0.15) is 11.5 Å². The van der Waals surface area contributed by atoms with Crippen LogP contribution in [0.5, 0.6) is 11.5 Å². The molecule has 0 aromatic heterocycles. The molecule has 0 spiro atoms. The van der Waals surface area contributed by atoms with Crippen molar-refractivity contribution in [2.45, 2.75) is 6.92 Å². The van der Waals surface area contributed by atoms with Crippen molar-refractivity contribution < 1.29 is 24.0 Å². The number of benzene rings is 3. The number of non-ortho nitro benzene ring substituents is 1. The number of para-hydroxylation sites is 1. The molecule has 1 amide bonds. The quantitative estimate of drug-likeness (QED) is 0.190. The highest BCUT2D eigenvalue weighted by Crippen LogP contribution is 2.24. The SMILES string of the molecule is Cc1ccccc1OCC(=O)N/N=C/c1cc([N+](=O)[O-])ccc1OC(=O)c1ccccc1. The highest BCUT2D eigenvalue weighted by Gasteiger charge is 2.15. The molecule has 3 rings (SSSR count). The average molecular weight is 433 g/mol. The van der Waals surface area contributed by atoms with Gasteiger partial charge in [-0.3, -0.25) is 14.9 Å². The molecule has 0 radical (unpaired) electrons. The van der Waals surface area contributed by atoms with Crippen molar-refractivity contribution in [2.75, 3.05) is 6.61 Å². The summed E-state index contributed by atoms with van der Waals surface area (Å²) in [5, 5.41) is 14.9. The average Bonchev–Trinajstić information content (AvgIpc) is 2.80. The Balaban J connectivity index is 1.69. The lowest BCUT2D eigenvalue weighted by atomic mass is 10.2. The van der Waals surface area contributed by atoms with E-state index >= 15 is 0 Å². The van der Waals surface area contributed by atoms with Gasteiger partial charge in [0.05, 0.1) is 16.7 Å². The number of nitrogens with zero attached hydrogens (tertiary/aromatic N) is 2. The number of amides is 1. The Morgan fingerprint density at radius 3 is 2.47 bits per heavy atom. The van der Waals surface area contributed by atoms with E-state index < -0.39 is 16.8 Å². The minimum atomic E-state index is -0.634. The lowest BCUT2D eigenvalue weighted by Crippen LogP contribution is -2.24. The van der Waals surface area contributed by atoms with Crippen molar-refractivity contribution in [3.05, 3.63) is 99.6 Å². The number of hydrogen-bond donors (Lipinski definition) is 1. The summed E-state index contributed by atoms with van der Waals surface area (Å²) >= 11 is 0. The number of ether oxygens (including phenoxy) is 2. The molecule has 0 heterocycles. The topological polar surface area (TPSA) is 120 Å². The standard InChI is InChI=1S/C23H19N3O6/c1-16-7-5-6-10-20(16)31-15-22(27)25-24-14-18-13-19(26(29)30)11-12-21(18)32-23(28)17-8-3-2-4-9-17/h2-14H,15H2,1H3,(H,25,27)/b24-14+. The highest BCUT2D eigenvalue weighted by molar-refractivity contribution is 5.93. The molecule has 0 saturated heterocycles. The molecule has 0 aliphatic carbocycles. The molecule has 0 aliphatic heterocycles. The molecule has 32 heavy (non-hydrogen) atoms. The predicted octanol–water partition coefficient (Wildman–Crippen LogP) is 3.65. The summed E-state index contributed by atoms with van der Waals surface area (Å²) in [6, 6.07) is 19.2. The lowest BCUT2D eigenvalue weighted by Gasteiger charge is -2.08. The van der Waals surface area contributed by atoms with E-state index in [2.05, 4.69) is 10.5 Å². The fourth-order valence-electron chi connectivity index (χ4n) is 2.64. The normalized spacial score (nSPS) is 10.5. The van der Waals surface area contributed by atoms with Gasteiger partial charge in [-0.25, -0.2) is 10.2 Å². The maximum Gasteiger partial charge on any atom is 0.343 e. The molecule has 9 nitrogen and oxygen atoms in total. The Kier molecular flexibility index (Phi) is 7.26. The number of hydrazone groups is 1. The third-order valence-electron chi connectivity index (χ3n) is 4.26. The second-order valence-electron chi connectivity index (χ2n) is 6.58. The smallest absolute Gasteiger partial charge is 0.343 e. The second-order valence-corrected chi connectivity index (χ2v) is 6.58. The minimum absolute atomic E-state index is 0.0543. The maximum absolute atomic E-state index is 12.3. The summed E-state index contributed by atoms with van der Waals surface area (Å²) in [5.41, 5.74) is 3.39. The number of nitro groups is 1. The Hall–Kier alpha value is -4.53. The summed E-state index contributed by atoms with van der Waals surface area (Å²) in [6.45, 7) is 1.58. The lowest BCUT2D eigenvalue weighted by molar-refractivity contribution is -0.384. The van der Waals surface area contributed by atoms with Crippen molar-refractivity contribution in [1.29, 1.82) is 0 Å². The Morgan fingerprint density at radius 1 is 1.03 bits per heavy atom. The molecular weight excluding hydrogens is 414 g/mol. The van der Waals surface area contributed by atoms with E-state index in [1.807, 2.05) is 19.1 Å². The van der Waals surface area contributed by atoms with Gasteiger partial charge in [0, 0.05) is 17.7 Å². The van der Waals surface area contributed by atoms with E-state index in [9.17, 15) is 19.7 Å². The number of rotatable bonds is 8. The second kappa shape index (κ2) is 10.5. The monoisotopic (exact) mass is 433 g/mol. The van der Waals surface area contributed by atoms with Crippen molar-refractivity contribution >= 4 is 23.8 Å². The number of carbonyl (C=O) groups excluding carboxylic acids is 2. The van der Waals surface area contributed by atoms with Crippen molar-refractivity contribution in [2.24, 2.45) is 5.10 Å². The van der Waals surface area contributed by atoms with E-state index in [4.69, 9.17) is 9.47 Å². The van der Waals surface area contributed by atoms with Crippen LogP contribution in [-0.2, 0) is 4.79 Å². The molecule has 162 valence electrons. The van der Waals surface area contributed by atoms with Crippen LogP contribution in [0.2, 0.25) is 0 Å². The molecule has 0 aliphatic rings. The molecule has 3 aromatic carbocycles. The largest absolute Gasteiger partial charge is 0.483 e. The molecule has 0 fully saturated rings. The molecule has 1 N–H and O–H groups in total. The van der Waals surface area contributed by atoms with Crippen molar-refractivity contribution in [3.63, 3.8) is 0 Å². The number of esters is 1. The van der Waals surface area contributed by atoms with Gasteiger partial charge in [-0.05, 0) is 36.8 Å². The van der Waals surface area contributed by atoms with E-state index in [0.717, 1.165) is 11.8 Å². The zero-order valence-electron chi connectivity index (χ0n) is 17.1. The summed E-state index contributed by atoms with van der Waals surface area (Å²) in [5.74, 6) is -0.540. The number of hydrogen-bond acceptors (Lipinski definition) is 7. The molecule has 0 atom stereocenters. The van der Waals surface area contributed by atoms with Crippen LogP contribution in [0.3, 0.4) is 0 Å². The number of aryl methyl sites for hydroxylation is 1. The first-order valence-corrected chi connectivity index (χ1v) is 9.50. The molecular formula is C23H19N3O6. The Labute approximate surface area is 183 Å². The van der Waals surface area contributed by atoms with Crippen LogP contribution in [0.25, 0.3) is 0 Å². The maximum atomic E-state index is 12.3. The number of carbonyl (C=O) groups is 2. The first-order valence-electron chi connectivity index (χ1n) is 9.50. The van der Waals surface area contributed by atoms with Crippen LogP contribution in [0.4, 0.5) is 5.69 Å². The fraction of sp³-hybridized carbons (Fsp3) is 0.0870. The zero-order chi connectivity index (χ0) is 22.9. The highest BCUT2D eigenvalue weighted by atomic mass is 16.6. The van der Waals surface area contributed by atoms with Gasteiger partial charge in [0.25, 0.3) is 11.6 Å². The van der Waals surface area contributed by atoms with Gasteiger partial charge in [0.15, 0.2) is 6.61 Å². The van der Waals surface area contributed by atoms with E-state index in [1.54, 1.807) is 42.5 Å². The van der Waals surface area contributed by atoms with Crippen molar-refractivity contribution in [1.82, 2.24) is 5.43 Å². The summed E-state index contributed by atoms with van der Waals surface area (Å²) in [6.07, 6.45) is 1.16. The van der Waals surface area contributed by atoms with E-state index in [0.29, 0.717) is 11.3 Å². The van der Waals surface area contributed by atoms with Crippen LogP contribution in [-0.4, -0.2) is 29.6 Å². The van der Waals surface area contributed by atoms with Crippen LogP contribution >= 0.6 is 0 Å². The fourth-order valence-corrected chi connectivity index (χ4v) is 2.64. The van der Waals surface area contributed by atoms with Crippen LogP contribution in [0.1, 0.15) is 21.5 Å². The number of nitrogens with one attached hydrogen (secondary N) is 1. The van der Waals surface area contributed by atoms with Crippen LogP contribution in [0, 0.1) is 17.0 Å². The first-order chi connectivity index (χ1) is 15.4. The van der Waals surface area contributed by atoms with Gasteiger partial charge in [-0.1, -0.05) is 36.4 Å². The van der Waals surface area contributed by atoms with Crippen LogP contribution in [0.15, 0.2) is 77.9 Å². The van der Waals surface area contributed by atoms with E-state index in [-0.39, 0.29) is 23.6 Å². The molecule has 0 saturated carbocycles. The Morgan fingerprint density at radius 2 is 1.75 bits per heavy atom. The minimum Gasteiger partial charge on any atom is -0.483 e. The van der Waals surface area contributed by atoms with Crippen molar-refractivity contribution in [3.8, 4) is 11.5 Å². The summed E-state index contributed by atoms with van der Waals surface area (Å²) < 4.78 is 10.8. The number of nitro benzene ring substituents is 1. The van der Waals surface area contributed by atoms with Gasteiger partial charge < -0.3 is 9.47 Å². The van der Waals surface area contributed by atoms with Gasteiger partial charge in [-0.2, -0.15) is 5.10 Å². The Bertz CT molecular complexity index is 1160. The summed E-state index contributed by atoms with van der Waals surface area (Å²) in [4.78, 5) is 34.8. The van der Waals surface area contributed by atoms with Crippen LogP contribution < -0.4 is 14.9 Å². The molecule has 9 heteroatoms. The third-order valence-corrected chi connectivity index (χ3v) is 4.26. The molecule has 0 unspecified atom stereocenters. The first kappa shape index (κ1) is 22.2. The predicted molar refractivity (Wildman–Crippen MR) is 117 cm³/mol. The van der Waals surface area contributed by atoms with Gasteiger partial charge in [-0.15, -0.1) is 0 Å². The van der Waals surface area contributed by atoms with Gasteiger partial charge in [0.2, 0.25) is 0 Å².